The summed E-state index contributed by atoms with van der Waals surface area (Å²) in [6, 6.07) is 15.0. The number of nitrogens with zero attached hydrogens (tertiary/aromatic N) is 2. The first-order valence-electron chi connectivity index (χ1n) is 14.8. The topological polar surface area (TPSA) is 91.0 Å². The number of fused-ring (bicyclic) bond motifs is 1. The van der Waals surface area contributed by atoms with E-state index in [-0.39, 0.29) is 36.3 Å². The molecule has 0 saturated carbocycles. The van der Waals surface area contributed by atoms with Crippen molar-refractivity contribution in [1.82, 2.24) is 15.5 Å². The van der Waals surface area contributed by atoms with Crippen molar-refractivity contribution in [3.8, 4) is 5.75 Å². The van der Waals surface area contributed by atoms with Crippen LogP contribution in [0.4, 0.5) is 5.69 Å². The number of hydrogen-bond donors (Lipinski definition) is 2. The van der Waals surface area contributed by atoms with E-state index in [4.69, 9.17) is 4.74 Å². The smallest absolute Gasteiger partial charge is 0.255 e. The lowest BCUT2D eigenvalue weighted by Crippen LogP contribution is -2.54. The molecule has 3 amide bonds. The lowest BCUT2D eigenvalue weighted by Gasteiger charge is -2.41. The Morgan fingerprint density at radius 1 is 1.10 bits per heavy atom. The van der Waals surface area contributed by atoms with Gasteiger partial charge >= 0.3 is 0 Å². The monoisotopic (exact) mass is 560 g/mol. The maximum Gasteiger partial charge on any atom is 0.255 e. The van der Waals surface area contributed by atoms with Gasteiger partial charge in [0, 0.05) is 18.8 Å². The van der Waals surface area contributed by atoms with E-state index in [1.165, 1.54) is 0 Å². The highest BCUT2D eigenvalue weighted by atomic mass is 16.5. The van der Waals surface area contributed by atoms with Gasteiger partial charge in [-0.05, 0) is 81.9 Å². The third kappa shape index (κ3) is 7.55. The Morgan fingerprint density at radius 2 is 1.85 bits per heavy atom. The number of carbonyl (C=O) groups excluding carboxylic acids is 3. The lowest BCUT2D eigenvalue weighted by molar-refractivity contribution is -0.135. The number of amides is 3. The molecule has 0 unspecified atom stereocenters. The Hall–Kier alpha value is -3.65. The Kier molecular flexibility index (Phi) is 10.2. The van der Waals surface area contributed by atoms with Crippen LogP contribution in [0.2, 0.25) is 0 Å². The average Bonchev–Trinajstić information content (AvgIpc) is 2.96. The first kappa shape index (κ1) is 30.3. The normalized spacial score (nSPS) is 20.8. The molecule has 2 aliphatic heterocycles. The van der Waals surface area contributed by atoms with Crippen LogP contribution in [0.25, 0.3) is 0 Å². The van der Waals surface area contributed by atoms with Gasteiger partial charge in [-0.2, -0.15) is 0 Å². The number of ether oxygens (including phenoxy) is 1. The van der Waals surface area contributed by atoms with Crippen LogP contribution < -0.4 is 20.3 Å². The predicted molar refractivity (Wildman–Crippen MR) is 162 cm³/mol. The van der Waals surface area contributed by atoms with E-state index >= 15 is 0 Å². The van der Waals surface area contributed by atoms with E-state index < -0.39 is 5.41 Å². The number of benzene rings is 2. The number of hydrogen-bond acceptors (Lipinski definition) is 5. The minimum atomic E-state index is -0.587. The van der Waals surface area contributed by atoms with Crippen molar-refractivity contribution in [1.29, 1.82) is 0 Å². The van der Waals surface area contributed by atoms with Gasteiger partial charge in [0.05, 0.1) is 23.6 Å². The van der Waals surface area contributed by atoms with E-state index in [1.807, 2.05) is 67.3 Å². The highest BCUT2D eigenvalue weighted by Gasteiger charge is 2.42. The van der Waals surface area contributed by atoms with Crippen molar-refractivity contribution < 1.29 is 19.1 Å². The number of carbonyl (C=O) groups is 3. The van der Waals surface area contributed by atoms with Crippen molar-refractivity contribution >= 4 is 23.4 Å². The van der Waals surface area contributed by atoms with Gasteiger partial charge in [-0.3, -0.25) is 19.3 Å². The molecule has 8 heteroatoms. The Labute approximate surface area is 244 Å². The third-order valence-electron chi connectivity index (χ3n) is 8.31. The number of aryl methyl sites for hydroxylation is 1. The van der Waals surface area contributed by atoms with E-state index in [1.54, 1.807) is 12.1 Å². The van der Waals surface area contributed by atoms with Gasteiger partial charge in [-0.15, -0.1) is 0 Å². The molecule has 0 aliphatic carbocycles. The van der Waals surface area contributed by atoms with E-state index in [0.29, 0.717) is 63.3 Å². The zero-order valence-corrected chi connectivity index (χ0v) is 24.8. The molecule has 0 radical (unpaired) electrons. The minimum absolute atomic E-state index is 0.0275. The van der Waals surface area contributed by atoms with Gasteiger partial charge in [0.1, 0.15) is 12.4 Å². The maximum absolute atomic E-state index is 13.9. The Morgan fingerprint density at radius 3 is 2.56 bits per heavy atom. The molecule has 2 N–H and O–H groups in total. The molecule has 8 nitrogen and oxygen atoms in total. The van der Waals surface area contributed by atoms with Crippen LogP contribution in [0.1, 0.15) is 56.0 Å². The first-order valence-corrected chi connectivity index (χ1v) is 14.8. The molecule has 2 heterocycles. The van der Waals surface area contributed by atoms with Crippen LogP contribution >= 0.6 is 0 Å². The summed E-state index contributed by atoms with van der Waals surface area (Å²) in [6.07, 6.45) is 5.79. The number of anilines is 1. The summed E-state index contributed by atoms with van der Waals surface area (Å²) < 4.78 is 6.09. The van der Waals surface area contributed by atoms with Crippen LogP contribution in [-0.4, -0.2) is 68.0 Å². The molecule has 1 saturated heterocycles. The molecule has 2 aliphatic rings. The molecule has 2 aromatic carbocycles. The second kappa shape index (κ2) is 13.8. The number of nitrogens with one attached hydrogen (secondary N) is 2. The second-order valence-corrected chi connectivity index (χ2v) is 11.6. The lowest BCUT2D eigenvalue weighted by atomic mass is 9.74. The van der Waals surface area contributed by atoms with Crippen LogP contribution in [0.5, 0.6) is 5.75 Å². The molecular weight excluding hydrogens is 516 g/mol. The zero-order valence-electron chi connectivity index (χ0n) is 24.8. The molecule has 0 aromatic heterocycles. The average molecular weight is 561 g/mol. The number of para-hydroxylation sites is 1. The van der Waals surface area contributed by atoms with Crippen LogP contribution in [0.15, 0.2) is 60.7 Å². The maximum atomic E-state index is 13.9. The molecule has 0 bridgehead atoms. The summed E-state index contributed by atoms with van der Waals surface area (Å²) in [5, 5.41) is 6.22. The first-order chi connectivity index (χ1) is 19.7. The van der Waals surface area contributed by atoms with Crippen molar-refractivity contribution in [3.05, 3.63) is 71.8 Å². The molecule has 1 spiro atoms. The molecule has 220 valence electrons. The van der Waals surface area contributed by atoms with Crippen molar-refractivity contribution in [2.45, 2.75) is 53.0 Å². The minimum Gasteiger partial charge on any atom is -0.491 e. The van der Waals surface area contributed by atoms with Gasteiger partial charge < -0.3 is 20.3 Å². The van der Waals surface area contributed by atoms with E-state index in [0.717, 1.165) is 11.3 Å². The van der Waals surface area contributed by atoms with Crippen molar-refractivity contribution in [2.75, 3.05) is 44.2 Å². The number of piperidine rings is 1. The zero-order chi connectivity index (χ0) is 29.4. The van der Waals surface area contributed by atoms with Crippen LogP contribution in [-0.2, 0) is 9.59 Å². The number of likely N-dealkylation sites (tertiary alicyclic amines) is 1. The fourth-order valence-corrected chi connectivity index (χ4v) is 5.56. The summed E-state index contributed by atoms with van der Waals surface area (Å²) in [6.45, 7) is 11.0. The molecule has 41 heavy (non-hydrogen) atoms. The summed E-state index contributed by atoms with van der Waals surface area (Å²) in [5.41, 5.74) is 1.93. The quantitative estimate of drug-likeness (QED) is 0.531. The molecule has 2 aromatic rings. The van der Waals surface area contributed by atoms with Gasteiger partial charge in [0.25, 0.3) is 5.91 Å². The van der Waals surface area contributed by atoms with Crippen molar-refractivity contribution in [3.63, 3.8) is 0 Å². The fourth-order valence-electron chi connectivity index (χ4n) is 5.56. The van der Waals surface area contributed by atoms with Gasteiger partial charge in [0.2, 0.25) is 11.8 Å². The van der Waals surface area contributed by atoms with Gasteiger partial charge in [-0.1, -0.05) is 50.3 Å². The van der Waals surface area contributed by atoms with Crippen LogP contribution in [0, 0.1) is 18.3 Å². The number of likely N-dealkylation sites (N-methyl/N-ethyl adjacent to an activating group) is 1. The van der Waals surface area contributed by atoms with Gasteiger partial charge in [0.15, 0.2) is 0 Å². The molecule has 4 rings (SSSR count). The summed E-state index contributed by atoms with van der Waals surface area (Å²) in [7, 11) is 0. The fraction of sp³-hybridized carbons (Fsp3) is 0.485. The highest BCUT2D eigenvalue weighted by Crippen LogP contribution is 2.36. The van der Waals surface area contributed by atoms with E-state index in [2.05, 4.69) is 29.4 Å². The summed E-state index contributed by atoms with van der Waals surface area (Å²) in [4.78, 5) is 44.0. The summed E-state index contributed by atoms with van der Waals surface area (Å²) in [5.74, 6) is 0.550. The second-order valence-electron chi connectivity index (χ2n) is 11.6. The Balaban J connectivity index is 1.47. The van der Waals surface area contributed by atoms with Crippen LogP contribution in [0.3, 0.4) is 0 Å². The highest BCUT2D eigenvalue weighted by molar-refractivity contribution is 5.97. The van der Waals surface area contributed by atoms with Gasteiger partial charge in [-0.25, -0.2) is 0 Å². The molecule has 1 fully saturated rings. The third-order valence-corrected chi connectivity index (χ3v) is 8.31. The number of rotatable bonds is 5. The predicted octanol–water partition coefficient (Wildman–Crippen LogP) is 4.34. The van der Waals surface area contributed by atoms with E-state index in [9.17, 15) is 14.4 Å². The molecule has 1 atom stereocenters. The largest absolute Gasteiger partial charge is 0.491 e. The molecular formula is C33H44N4O4. The number of allylic oxidation sites excluding steroid dienone is 1. The standard InChI is InChI=1S/C33H44N4O4/c1-5-37(26-12-10-11-25(4)21-26)30(38)22-36-19-16-33(17-20-36)15-8-9-18-34-31(39)27-13-6-7-14-29(27)41-23-28(24(2)3)35-32(33)40/h6-14,21,24,28H,5,15-20,22-23H2,1-4H3,(H,34,39)(H,35,40)/b9-8+/t28-/m0/s1. The van der Waals surface area contributed by atoms with Crippen molar-refractivity contribution in [2.24, 2.45) is 11.3 Å². The SMILES string of the molecule is CCN(C(=O)CN1CCC2(C/C=C/CNC(=O)c3ccccc3OC[C@@H](C(C)C)NC2=O)CC1)c1cccc(C)c1. The Bertz CT molecular complexity index is 1250. The summed E-state index contributed by atoms with van der Waals surface area (Å²) >= 11 is 0.